The van der Waals surface area contributed by atoms with E-state index in [-0.39, 0.29) is 12.1 Å². The van der Waals surface area contributed by atoms with Crippen LogP contribution in [0.4, 0.5) is 0 Å². The third kappa shape index (κ3) is 2.17. The number of hydrogen-bond donors (Lipinski definition) is 0. The Morgan fingerprint density at radius 2 is 2.29 bits per heavy atom. The van der Waals surface area contributed by atoms with Gasteiger partial charge < -0.3 is 4.74 Å². The minimum absolute atomic E-state index is 0.108. The molecular formula is C12H20O2. The molecule has 0 spiro atoms. The van der Waals surface area contributed by atoms with Gasteiger partial charge in [-0.15, -0.1) is 0 Å². The normalized spacial score (nSPS) is 32.9. The van der Waals surface area contributed by atoms with Gasteiger partial charge in [0, 0.05) is 5.57 Å². The summed E-state index contributed by atoms with van der Waals surface area (Å²) in [7, 11) is 0. The van der Waals surface area contributed by atoms with Gasteiger partial charge in [-0.05, 0) is 25.2 Å². The number of esters is 1. The average Bonchev–Trinajstić information content (AvgIpc) is 2.19. The molecule has 0 amide bonds. The second-order valence-corrected chi connectivity index (χ2v) is 4.25. The van der Waals surface area contributed by atoms with Gasteiger partial charge >= 0.3 is 5.97 Å². The number of ether oxygens (including phenoxy) is 1. The highest BCUT2D eigenvalue weighted by atomic mass is 16.5. The van der Waals surface area contributed by atoms with Crippen molar-refractivity contribution in [3.8, 4) is 0 Å². The Morgan fingerprint density at radius 1 is 1.64 bits per heavy atom. The Hall–Kier alpha value is -0.790. The molecule has 0 bridgehead atoms. The van der Waals surface area contributed by atoms with Crippen LogP contribution in [0.25, 0.3) is 0 Å². The van der Waals surface area contributed by atoms with E-state index >= 15 is 0 Å². The molecule has 0 aromatic heterocycles. The Labute approximate surface area is 86.3 Å². The largest absolute Gasteiger partial charge is 0.458 e. The molecule has 1 fully saturated rings. The third-order valence-corrected chi connectivity index (χ3v) is 3.16. The van der Waals surface area contributed by atoms with E-state index in [1.54, 1.807) is 0 Å². The maximum atomic E-state index is 11.5. The molecule has 14 heavy (non-hydrogen) atoms. The first kappa shape index (κ1) is 11.3. The van der Waals surface area contributed by atoms with Crippen molar-refractivity contribution in [2.45, 2.75) is 46.6 Å². The lowest BCUT2D eigenvalue weighted by Crippen LogP contribution is -2.37. The van der Waals surface area contributed by atoms with Gasteiger partial charge in [0.2, 0.25) is 0 Å². The molecule has 0 aliphatic carbocycles. The van der Waals surface area contributed by atoms with Gasteiger partial charge in [-0.3, -0.25) is 0 Å². The van der Waals surface area contributed by atoms with Gasteiger partial charge in [0.15, 0.2) is 0 Å². The van der Waals surface area contributed by atoms with Gasteiger partial charge in [-0.2, -0.15) is 0 Å². The third-order valence-electron chi connectivity index (χ3n) is 3.16. The van der Waals surface area contributed by atoms with Crippen LogP contribution in [0.3, 0.4) is 0 Å². The molecule has 3 unspecified atom stereocenters. The Morgan fingerprint density at radius 3 is 2.79 bits per heavy atom. The van der Waals surface area contributed by atoms with Gasteiger partial charge in [-0.1, -0.05) is 33.3 Å². The van der Waals surface area contributed by atoms with E-state index in [1.165, 1.54) is 0 Å². The molecule has 1 aliphatic rings. The highest BCUT2D eigenvalue weighted by molar-refractivity contribution is 5.89. The predicted molar refractivity (Wildman–Crippen MR) is 56.9 cm³/mol. The molecule has 0 aromatic carbocycles. The zero-order chi connectivity index (χ0) is 10.7. The lowest BCUT2D eigenvalue weighted by atomic mass is 9.85. The van der Waals surface area contributed by atoms with E-state index in [0.717, 1.165) is 18.4 Å². The standard InChI is InChI=1S/C12H20O2/c1-5-8(3)11-9(4)7-10(6-2)12(13)14-11/h6,8-9,11H,5,7H2,1-4H3/b10-6+. The molecule has 3 atom stereocenters. The summed E-state index contributed by atoms with van der Waals surface area (Å²) in [6, 6.07) is 0. The van der Waals surface area contributed by atoms with Crippen LogP contribution in [0.5, 0.6) is 0 Å². The van der Waals surface area contributed by atoms with Gasteiger partial charge in [0.05, 0.1) is 0 Å². The van der Waals surface area contributed by atoms with Gasteiger partial charge in [0.25, 0.3) is 0 Å². The molecule has 0 radical (unpaired) electrons. The molecule has 1 aliphatic heterocycles. The summed E-state index contributed by atoms with van der Waals surface area (Å²) in [5, 5.41) is 0. The molecular weight excluding hydrogens is 176 g/mol. The monoisotopic (exact) mass is 196 g/mol. The minimum Gasteiger partial charge on any atom is -0.458 e. The topological polar surface area (TPSA) is 26.3 Å². The second kappa shape index (κ2) is 4.63. The maximum absolute atomic E-state index is 11.5. The average molecular weight is 196 g/mol. The smallest absolute Gasteiger partial charge is 0.333 e. The van der Waals surface area contributed by atoms with Crippen LogP contribution in [0.15, 0.2) is 11.6 Å². The van der Waals surface area contributed by atoms with Crippen molar-refractivity contribution in [3.05, 3.63) is 11.6 Å². The summed E-state index contributed by atoms with van der Waals surface area (Å²) in [5.41, 5.74) is 0.831. The lowest BCUT2D eigenvalue weighted by Gasteiger charge is -2.33. The van der Waals surface area contributed by atoms with E-state index in [0.29, 0.717) is 11.8 Å². The maximum Gasteiger partial charge on any atom is 0.333 e. The molecule has 0 N–H and O–H groups in total. The van der Waals surface area contributed by atoms with Crippen molar-refractivity contribution < 1.29 is 9.53 Å². The van der Waals surface area contributed by atoms with E-state index in [4.69, 9.17) is 4.74 Å². The van der Waals surface area contributed by atoms with E-state index in [9.17, 15) is 4.79 Å². The summed E-state index contributed by atoms with van der Waals surface area (Å²) in [5.74, 6) is 0.803. The van der Waals surface area contributed by atoms with Crippen molar-refractivity contribution >= 4 is 5.97 Å². The van der Waals surface area contributed by atoms with Crippen LogP contribution in [0.2, 0.25) is 0 Å². The van der Waals surface area contributed by atoms with Crippen molar-refractivity contribution in [2.75, 3.05) is 0 Å². The molecule has 0 saturated carbocycles. The Balaban J connectivity index is 2.71. The van der Waals surface area contributed by atoms with Crippen LogP contribution in [0, 0.1) is 11.8 Å². The zero-order valence-corrected chi connectivity index (χ0v) is 9.54. The highest BCUT2D eigenvalue weighted by Gasteiger charge is 2.33. The number of cyclic esters (lactones) is 1. The zero-order valence-electron chi connectivity index (χ0n) is 9.54. The fourth-order valence-electron chi connectivity index (χ4n) is 2.01. The molecule has 0 aromatic rings. The fourth-order valence-corrected chi connectivity index (χ4v) is 2.01. The van der Waals surface area contributed by atoms with Crippen molar-refractivity contribution in [3.63, 3.8) is 0 Å². The Bertz CT molecular complexity index is 243. The lowest BCUT2D eigenvalue weighted by molar-refractivity contribution is -0.154. The highest BCUT2D eigenvalue weighted by Crippen LogP contribution is 2.30. The van der Waals surface area contributed by atoms with Crippen molar-refractivity contribution in [1.82, 2.24) is 0 Å². The van der Waals surface area contributed by atoms with Crippen LogP contribution in [0.1, 0.15) is 40.5 Å². The number of hydrogen-bond acceptors (Lipinski definition) is 2. The number of allylic oxidation sites excluding steroid dienone is 1. The summed E-state index contributed by atoms with van der Waals surface area (Å²) >= 11 is 0. The molecule has 1 saturated heterocycles. The fraction of sp³-hybridized carbons (Fsp3) is 0.750. The number of rotatable bonds is 2. The quantitative estimate of drug-likeness (QED) is 0.501. The Kier molecular flexibility index (Phi) is 3.73. The van der Waals surface area contributed by atoms with Crippen LogP contribution in [-0.4, -0.2) is 12.1 Å². The SMILES string of the molecule is C/C=C1\CC(C)C(C(C)CC)OC1=O. The van der Waals surface area contributed by atoms with E-state index in [2.05, 4.69) is 20.8 Å². The summed E-state index contributed by atoms with van der Waals surface area (Å²) in [6.07, 6.45) is 3.90. The van der Waals surface area contributed by atoms with Crippen LogP contribution < -0.4 is 0 Å². The molecule has 80 valence electrons. The van der Waals surface area contributed by atoms with Gasteiger partial charge in [-0.25, -0.2) is 4.79 Å². The first-order valence-electron chi connectivity index (χ1n) is 5.46. The second-order valence-electron chi connectivity index (χ2n) is 4.25. The molecule has 1 rings (SSSR count). The molecule has 1 heterocycles. The van der Waals surface area contributed by atoms with Crippen LogP contribution >= 0.6 is 0 Å². The minimum atomic E-state index is -0.115. The predicted octanol–water partition coefficient (Wildman–Crippen LogP) is 2.93. The van der Waals surface area contributed by atoms with Crippen molar-refractivity contribution in [2.24, 2.45) is 11.8 Å². The van der Waals surface area contributed by atoms with Gasteiger partial charge in [0.1, 0.15) is 6.10 Å². The number of carbonyl (C=O) groups is 1. The van der Waals surface area contributed by atoms with E-state index < -0.39 is 0 Å². The summed E-state index contributed by atoms with van der Waals surface area (Å²) in [4.78, 5) is 11.5. The molecule has 2 nitrogen and oxygen atoms in total. The van der Waals surface area contributed by atoms with Crippen molar-refractivity contribution in [1.29, 1.82) is 0 Å². The summed E-state index contributed by atoms with van der Waals surface area (Å²) < 4.78 is 5.45. The summed E-state index contributed by atoms with van der Waals surface area (Å²) in [6.45, 7) is 8.34. The molecule has 2 heteroatoms. The number of carbonyl (C=O) groups excluding carboxylic acids is 1. The first-order valence-corrected chi connectivity index (χ1v) is 5.46. The first-order chi connectivity index (χ1) is 6.60. The van der Waals surface area contributed by atoms with Crippen LogP contribution in [-0.2, 0) is 9.53 Å². The van der Waals surface area contributed by atoms with E-state index in [1.807, 2.05) is 13.0 Å².